The van der Waals surface area contributed by atoms with Crippen LogP contribution in [0.3, 0.4) is 0 Å². The average Bonchev–Trinajstić information content (AvgIpc) is 3.55. The third-order valence-electron chi connectivity index (χ3n) is 5.59. The van der Waals surface area contributed by atoms with Crippen molar-refractivity contribution in [2.45, 2.75) is 33.2 Å². The van der Waals surface area contributed by atoms with Gasteiger partial charge in [0, 0.05) is 17.4 Å². The van der Waals surface area contributed by atoms with Crippen molar-refractivity contribution in [1.29, 1.82) is 0 Å². The Kier molecular flexibility index (Phi) is 5.96. The molecule has 0 fully saturated rings. The molecule has 5 aromatic rings. The Morgan fingerprint density at radius 3 is 2.71 bits per heavy atom. The van der Waals surface area contributed by atoms with Gasteiger partial charge in [-0.15, -0.1) is 21.5 Å². The van der Waals surface area contributed by atoms with E-state index >= 15 is 0 Å². The molecule has 1 aromatic carbocycles. The van der Waals surface area contributed by atoms with Crippen LogP contribution in [-0.4, -0.2) is 46.2 Å². The summed E-state index contributed by atoms with van der Waals surface area (Å²) in [5.74, 6) is 0.399. The molecule has 0 amide bonds. The lowest BCUT2D eigenvalue weighted by Gasteiger charge is -2.10. The highest BCUT2D eigenvalue weighted by atomic mass is 79.9. The van der Waals surface area contributed by atoms with Gasteiger partial charge in [0.1, 0.15) is 11.3 Å². The summed E-state index contributed by atoms with van der Waals surface area (Å²) in [5, 5.41) is 26.0. The number of aryl methyl sites for hydroxylation is 2. The Morgan fingerprint density at radius 2 is 2.03 bits per heavy atom. The van der Waals surface area contributed by atoms with Gasteiger partial charge in [0.05, 0.1) is 15.9 Å². The number of carboxylic acids is 1. The fraction of sp³-hybridized carbons (Fsp3) is 0.217. The summed E-state index contributed by atoms with van der Waals surface area (Å²) < 4.78 is 2.97. The van der Waals surface area contributed by atoms with E-state index in [2.05, 4.69) is 78.1 Å². The second-order valence-corrected chi connectivity index (χ2v) is 10.1. The van der Waals surface area contributed by atoms with Crippen LogP contribution in [0.15, 0.2) is 39.5 Å². The Labute approximate surface area is 207 Å². The number of carboxylic acid groups (broad SMARTS) is 1. The molecule has 0 aliphatic heterocycles. The maximum absolute atomic E-state index is 11.6. The number of halogens is 1. The van der Waals surface area contributed by atoms with E-state index in [0.29, 0.717) is 18.0 Å². The Hall–Kier alpha value is -3.44. The lowest BCUT2D eigenvalue weighted by Crippen LogP contribution is -2.08. The minimum atomic E-state index is -1.04. The molecule has 4 heterocycles. The van der Waals surface area contributed by atoms with E-state index in [1.807, 2.05) is 11.5 Å². The highest BCUT2D eigenvalue weighted by Gasteiger charge is 2.19. The zero-order valence-corrected chi connectivity index (χ0v) is 20.8. The van der Waals surface area contributed by atoms with E-state index in [-0.39, 0.29) is 5.69 Å². The summed E-state index contributed by atoms with van der Waals surface area (Å²) in [7, 11) is 0. The average molecular weight is 538 g/mol. The Bertz CT molecular complexity index is 1490. The second kappa shape index (κ2) is 9.07. The number of hydrogen-bond donors (Lipinski definition) is 2. The van der Waals surface area contributed by atoms with Crippen molar-refractivity contribution in [2.24, 2.45) is 0 Å². The Morgan fingerprint density at radius 1 is 1.24 bits per heavy atom. The monoisotopic (exact) mass is 537 g/mol. The maximum atomic E-state index is 11.6. The molecular formula is C23H20BrN7O2S. The van der Waals surface area contributed by atoms with Gasteiger partial charge >= 0.3 is 5.97 Å². The van der Waals surface area contributed by atoms with Crippen LogP contribution in [-0.2, 0) is 13.0 Å². The van der Waals surface area contributed by atoms with Crippen molar-refractivity contribution in [3.63, 3.8) is 0 Å². The topological polar surface area (TPSA) is 122 Å². The SMILES string of the molecule is CCCc1nc2c(C)cc(C(=O)O)nc2n1Cc1ccc(-c2csc(Br)c2-c2nn[nH]n2)cc1. The summed E-state index contributed by atoms with van der Waals surface area (Å²) in [4.78, 5) is 20.8. The zero-order chi connectivity index (χ0) is 23.8. The lowest BCUT2D eigenvalue weighted by molar-refractivity contribution is 0.0690. The molecule has 2 N–H and O–H groups in total. The first kappa shape index (κ1) is 22.4. The molecular weight excluding hydrogens is 518 g/mol. The molecule has 0 spiro atoms. The van der Waals surface area contributed by atoms with Crippen LogP contribution < -0.4 is 0 Å². The molecule has 4 aromatic heterocycles. The van der Waals surface area contributed by atoms with Crippen molar-refractivity contribution < 1.29 is 9.90 Å². The molecule has 0 atom stereocenters. The fourth-order valence-corrected chi connectivity index (χ4v) is 5.44. The quantitative estimate of drug-likeness (QED) is 0.295. The molecule has 0 aliphatic rings. The summed E-state index contributed by atoms with van der Waals surface area (Å²) in [6.07, 6.45) is 1.71. The molecule has 5 rings (SSSR count). The minimum Gasteiger partial charge on any atom is -0.477 e. The molecule has 0 aliphatic carbocycles. The van der Waals surface area contributed by atoms with E-state index in [9.17, 15) is 9.90 Å². The third kappa shape index (κ3) is 4.01. The third-order valence-corrected chi connectivity index (χ3v) is 7.31. The van der Waals surface area contributed by atoms with Gasteiger partial charge in [-0.25, -0.2) is 14.8 Å². The number of fused-ring (bicyclic) bond motifs is 1. The van der Waals surface area contributed by atoms with Crippen molar-refractivity contribution in [2.75, 3.05) is 0 Å². The van der Waals surface area contributed by atoms with Gasteiger partial charge in [-0.1, -0.05) is 31.2 Å². The number of hydrogen-bond acceptors (Lipinski definition) is 7. The molecule has 0 saturated heterocycles. The van der Waals surface area contributed by atoms with Gasteiger partial charge in [0.25, 0.3) is 0 Å². The number of H-pyrrole nitrogens is 1. The predicted molar refractivity (Wildman–Crippen MR) is 133 cm³/mol. The van der Waals surface area contributed by atoms with E-state index < -0.39 is 5.97 Å². The van der Waals surface area contributed by atoms with Crippen LogP contribution in [0.5, 0.6) is 0 Å². The van der Waals surface area contributed by atoms with Crippen LogP contribution in [0.4, 0.5) is 0 Å². The summed E-state index contributed by atoms with van der Waals surface area (Å²) in [6, 6.07) is 9.83. The van der Waals surface area contributed by atoms with Crippen LogP contribution >= 0.6 is 27.3 Å². The van der Waals surface area contributed by atoms with Crippen LogP contribution in [0.2, 0.25) is 0 Å². The number of rotatable bonds is 7. The van der Waals surface area contributed by atoms with E-state index in [1.165, 1.54) is 0 Å². The van der Waals surface area contributed by atoms with E-state index in [0.717, 1.165) is 55.8 Å². The van der Waals surface area contributed by atoms with Crippen LogP contribution in [0.1, 0.15) is 40.8 Å². The smallest absolute Gasteiger partial charge is 0.354 e. The summed E-state index contributed by atoms with van der Waals surface area (Å²) in [5.41, 5.74) is 6.22. The molecule has 34 heavy (non-hydrogen) atoms. The normalized spacial score (nSPS) is 11.4. The van der Waals surface area contributed by atoms with Gasteiger partial charge < -0.3 is 9.67 Å². The van der Waals surface area contributed by atoms with Crippen LogP contribution in [0, 0.1) is 6.92 Å². The lowest BCUT2D eigenvalue weighted by atomic mass is 10.0. The summed E-state index contributed by atoms with van der Waals surface area (Å²) >= 11 is 5.17. The molecule has 9 nitrogen and oxygen atoms in total. The fourth-order valence-electron chi connectivity index (χ4n) is 3.97. The second-order valence-electron chi connectivity index (χ2n) is 7.90. The largest absolute Gasteiger partial charge is 0.477 e. The molecule has 0 bridgehead atoms. The molecule has 0 unspecified atom stereocenters. The van der Waals surface area contributed by atoms with Gasteiger partial charge in [0.2, 0.25) is 5.82 Å². The first-order valence-electron chi connectivity index (χ1n) is 10.7. The Balaban J connectivity index is 1.52. The number of thiophene rings is 1. The number of pyridine rings is 1. The van der Waals surface area contributed by atoms with Crippen molar-refractivity contribution >= 4 is 44.4 Å². The minimum absolute atomic E-state index is 0.0292. The highest BCUT2D eigenvalue weighted by Crippen LogP contribution is 2.40. The predicted octanol–water partition coefficient (Wildman–Crippen LogP) is 5.11. The molecule has 172 valence electrons. The van der Waals surface area contributed by atoms with Gasteiger partial charge in [-0.3, -0.25) is 0 Å². The first-order chi connectivity index (χ1) is 16.5. The number of aromatic amines is 1. The molecule has 11 heteroatoms. The first-order valence-corrected chi connectivity index (χ1v) is 12.3. The number of benzene rings is 1. The number of tetrazole rings is 1. The van der Waals surface area contributed by atoms with Gasteiger partial charge in [-0.05, 0) is 57.2 Å². The molecule has 0 radical (unpaired) electrons. The number of aromatic carboxylic acids is 1. The number of imidazole rings is 1. The van der Waals surface area contributed by atoms with Gasteiger partial charge in [0.15, 0.2) is 11.3 Å². The van der Waals surface area contributed by atoms with Crippen molar-refractivity contribution in [3.05, 3.63) is 62.1 Å². The highest BCUT2D eigenvalue weighted by molar-refractivity contribution is 9.11. The van der Waals surface area contributed by atoms with Gasteiger partial charge in [-0.2, -0.15) is 5.21 Å². The number of nitrogens with zero attached hydrogens (tertiary/aromatic N) is 6. The number of nitrogens with one attached hydrogen (secondary N) is 1. The maximum Gasteiger partial charge on any atom is 0.354 e. The zero-order valence-electron chi connectivity index (χ0n) is 18.4. The summed E-state index contributed by atoms with van der Waals surface area (Å²) in [6.45, 7) is 4.52. The standard InChI is InChI=1S/C23H20BrN7O2S/c1-3-4-17-26-19-12(2)9-16(23(32)33)25-22(19)31(17)10-13-5-7-14(8-6-13)15-11-34-20(24)18(15)21-27-29-30-28-21/h5-9,11H,3-4,10H2,1-2H3,(H,32,33)(H,27,28,29,30). The van der Waals surface area contributed by atoms with E-state index in [1.54, 1.807) is 17.4 Å². The molecule has 0 saturated carbocycles. The van der Waals surface area contributed by atoms with Crippen molar-refractivity contribution in [3.8, 4) is 22.5 Å². The van der Waals surface area contributed by atoms with Crippen LogP contribution in [0.25, 0.3) is 33.7 Å². The van der Waals surface area contributed by atoms with Crippen molar-refractivity contribution in [1.82, 2.24) is 35.2 Å². The van der Waals surface area contributed by atoms with E-state index in [4.69, 9.17) is 4.98 Å². The number of aromatic nitrogens is 7. The number of carbonyl (C=O) groups is 1.